The molecule has 0 amide bonds. The van der Waals surface area contributed by atoms with E-state index in [1.165, 1.54) is 7.11 Å². The molecule has 0 heterocycles. The van der Waals surface area contributed by atoms with Crippen molar-refractivity contribution >= 4 is 35.0 Å². The average Bonchev–Trinajstić information content (AvgIpc) is 1.83. The molecule has 0 saturated heterocycles. The quantitative estimate of drug-likeness (QED) is 0.313. The molecule has 4 nitrogen and oxygen atoms in total. The van der Waals surface area contributed by atoms with E-state index in [0.717, 1.165) is 6.08 Å². The summed E-state index contributed by atoms with van der Waals surface area (Å²) in [6.45, 7) is 0. The topological polar surface area (TPSA) is 63.6 Å². The molecular formula is C5H8MgO4. The SMILES string of the molecule is COC(=O)C=CC(=O)O.[MgH2]. The van der Waals surface area contributed by atoms with Crippen molar-refractivity contribution in [2.24, 2.45) is 0 Å². The Morgan fingerprint density at radius 3 is 2.20 bits per heavy atom. The molecule has 1 N–H and O–H groups in total. The van der Waals surface area contributed by atoms with Crippen LogP contribution in [0.5, 0.6) is 0 Å². The van der Waals surface area contributed by atoms with Gasteiger partial charge in [0.1, 0.15) is 0 Å². The molecule has 0 aliphatic carbocycles. The number of hydrogen-bond acceptors (Lipinski definition) is 3. The van der Waals surface area contributed by atoms with Gasteiger partial charge < -0.3 is 9.84 Å². The van der Waals surface area contributed by atoms with Crippen LogP contribution >= 0.6 is 0 Å². The van der Waals surface area contributed by atoms with E-state index >= 15 is 0 Å². The van der Waals surface area contributed by atoms with Crippen LogP contribution in [0.25, 0.3) is 0 Å². The summed E-state index contributed by atoms with van der Waals surface area (Å²) in [5, 5.41) is 7.96. The highest BCUT2D eigenvalue weighted by atomic mass is 24.3. The first-order valence-corrected chi connectivity index (χ1v) is 2.15. The zero-order chi connectivity index (χ0) is 7.28. The van der Waals surface area contributed by atoms with Crippen molar-refractivity contribution in [2.75, 3.05) is 7.11 Å². The van der Waals surface area contributed by atoms with Crippen LogP contribution in [0.2, 0.25) is 0 Å². The number of carbonyl (C=O) groups excluding carboxylic acids is 1. The average molecular weight is 156 g/mol. The third-order valence-corrected chi connectivity index (χ3v) is 0.563. The minimum atomic E-state index is -1.17. The Labute approximate surface area is 74.0 Å². The van der Waals surface area contributed by atoms with E-state index in [9.17, 15) is 9.59 Å². The molecule has 0 saturated carbocycles. The Hall–Kier alpha value is -0.554. The smallest absolute Gasteiger partial charge is 0.330 e. The monoisotopic (exact) mass is 156 g/mol. The van der Waals surface area contributed by atoms with Gasteiger partial charge in [0, 0.05) is 12.2 Å². The Balaban J connectivity index is 0. The number of methoxy groups -OCH3 is 1. The van der Waals surface area contributed by atoms with E-state index in [2.05, 4.69) is 4.74 Å². The predicted octanol–water partition coefficient (Wildman–Crippen LogP) is -1.12. The molecule has 0 aromatic rings. The van der Waals surface area contributed by atoms with E-state index in [4.69, 9.17) is 5.11 Å². The first-order valence-electron chi connectivity index (χ1n) is 2.15. The number of carboxylic acids is 1. The second kappa shape index (κ2) is 6.56. The summed E-state index contributed by atoms with van der Waals surface area (Å²) in [5.74, 6) is -1.84. The number of hydrogen-bond donors (Lipinski definition) is 1. The fraction of sp³-hybridized carbons (Fsp3) is 0.200. The van der Waals surface area contributed by atoms with Gasteiger partial charge in [0.2, 0.25) is 0 Å². The molecule has 0 aromatic heterocycles. The molecule has 0 spiro atoms. The standard InChI is InChI=1S/C5H6O4.Mg.2H/c1-9-5(8)3-2-4(6)7;;;/h2-3H,1H3,(H,6,7);;;. The van der Waals surface area contributed by atoms with Gasteiger partial charge in [0.25, 0.3) is 0 Å². The summed E-state index contributed by atoms with van der Waals surface area (Å²) in [7, 11) is 1.18. The van der Waals surface area contributed by atoms with Gasteiger partial charge in [-0.05, 0) is 0 Å². The molecule has 10 heavy (non-hydrogen) atoms. The maximum atomic E-state index is 10.1. The zero-order valence-corrected chi connectivity index (χ0v) is 4.83. The van der Waals surface area contributed by atoms with Crippen LogP contribution in [-0.4, -0.2) is 47.2 Å². The normalized spacial score (nSPS) is 8.50. The number of carboxylic acid groups (broad SMARTS) is 1. The molecule has 0 fully saturated rings. The Kier molecular flexibility index (Phi) is 7.98. The number of esters is 1. The van der Waals surface area contributed by atoms with E-state index in [1.54, 1.807) is 0 Å². The van der Waals surface area contributed by atoms with Crippen LogP contribution in [0.4, 0.5) is 0 Å². The van der Waals surface area contributed by atoms with Gasteiger partial charge in [-0.3, -0.25) is 0 Å². The molecule has 0 unspecified atom stereocenters. The minimum absolute atomic E-state index is 0. The molecular weight excluding hydrogens is 148 g/mol. The lowest BCUT2D eigenvalue weighted by molar-refractivity contribution is -0.136. The second-order valence-electron chi connectivity index (χ2n) is 1.19. The fourth-order valence-corrected chi connectivity index (χ4v) is 0.207. The van der Waals surface area contributed by atoms with Crippen LogP contribution in [0.1, 0.15) is 0 Å². The second-order valence-corrected chi connectivity index (χ2v) is 1.19. The van der Waals surface area contributed by atoms with E-state index in [-0.39, 0.29) is 23.1 Å². The molecule has 0 aliphatic heterocycles. The molecule has 54 valence electrons. The van der Waals surface area contributed by atoms with Crippen LogP contribution in [-0.2, 0) is 14.3 Å². The number of rotatable bonds is 2. The molecule has 0 radical (unpaired) electrons. The van der Waals surface area contributed by atoms with Gasteiger partial charge in [-0.15, -0.1) is 0 Å². The van der Waals surface area contributed by atoms with Gasteiger partial charge in [-0.2, -0.15) is 0 Å². The highest BCUT2D eigenvalue weighted by Gasteiger charge is 1.91. The van der Waals surface area contributed by atoms with Gasteiger partial charge >= 0.3 is 35.0 Å². The molecule has 0 bridgehead atoms. The number of carbonyl (C=O) groups is 2. The van der Waals surface area contributed by atoms with Crippen molar-refractivity contribution in [1.82, 2.24) is 0 Å². The number of ether oxygens (including phenoxy) is 1. The van der Waals surface area contributed by atoms with Crippen LogP contribution < -0.4 is 0 Å². The third-order valence-electron chi connectivity index (χ3n) is 0.563. The van der Waals surface area contributed by atoms with Crippen LogP contribution in [0, 0.1) is 0 Å². The van der Waals surface area contributed by atoms with Crippen molar-refractivity contribution in [2.45, 2.75) is 0 Å². The molecule has 0 rings (SSSR count). The lowest BCUT2D eigenvalue weighted by atomic mass is 10.5. The maximum absolute atomic E-state index is 10.1. The summed E-state index contributed by atoms with van der Waals surface area (Å²) in [5.41, 5.74) is 0. The van der Waals surface area contributed by atoms with E-state index in [1.807, 2.05) is 0 Å². The van der Waals surface area contributed by atoms with Gasteiger partial charge in [0.05, 0.1) is 7.11 Å². The van der Waals surface area contributed by atoms with Crippen molar-refractivity contribution in [3.05, 3.63) is 12.2 Å². The Morgan fingerprint density at radius 1 is 1.40 bits per heavy atom. The molecule has 0 aromatic carbocycles. The first kappa shape index (κ1) is 12.2. The predicted molar refractivity (Wildman–Crippen MR) is 37.3 cm³/mol. The van der Waals surface area contributed by atoms with Crippen molar-refractivity contribution < 1.29 is 19.4 Å². The van der Waals surface area contributed by atoms with Gasteiger partial charge in [-0.1, -0.05) is 0 Å². The summed E-state index contributed by atoms with van der Waals surface area (Å²) in [6, 6.07) is 0. The summed E-state index contributed by atoms with van der Waals surface area (Å²) in [4.78, 5) is 19.9. The van der Waals surface area contributed by atoms with Crippen molar-refractivity contribution in [3.63, 3.8) is 0 Å². The fourth-order valence-electron chi connectivity index (χ4n) is 0.207. The molecule has 0 atom stereocenters. The number of aliphatic carboxylic acids is 1. The minimum Gasteiger partial charge on any atom is -0.478 e. The third kappa shape index (κ3) is 7.45. The summed E-state index contributed by atoms with van der Waals surface area (Å²) in [6.07, 6.45) is 1.55. The zero-order valence-electron chi connectivity index (χ0n) is 4.83. The summed E-state index contributed by atoms with van der Waals surface area (Å²) >= 11 is 0. The van der Waals surface area contributed by atoms with Crippen molar-refractivity contribution in [1.29, 1.82) is 0 Å². The van der Waals surface area contributed by atoms with Crippen molar-refractivity contribution in [3.8, 4) is 0 Å². The Morgan fingerprint density at radius 2 is 1.90 bits per heavy atom. The lowest BCUT2D eigenvalue weighted by Gasteiger charge is -1.85. The van der Waals surface area contributed by atoms with E-state index in [0.29, 0.717) is 6.08 Å². The highest BCUT2D eigenvalue weighted by Crippen LogP contribution is 1.76. The maximum Gasteiger partial charge on any atom is 0.330 e. The van der Waals surface area contributed by atoms with E-state index < -0.39 is 11.9 Å². The largest absolute Gasteiger partial charge is 0.478 e. The lowest BCUT2D eigenvalue weighted by Crippen LogP contribution is -1.96. The molecule has 5 heteroatoms. The van der Waals surface area contributed by atoms with Crippen LogP contribution in [0.3, 0.4) is 0 Å². The van der Waals surface area contributed by atoms with Gasteiger partial charge in [-0.25, -0.2) is 9.59 Å². The van der Waals surface area contributed by atoms with Crippen LogP contribution in [0.15, 0.2) is 12.2 Å². The highest BCUT2D eigenvalue weighted by molar-refractivity contribution is 5.90. The molecule has 0 aliphatic rings. The Bertz CT molecular complexity index is 152. The first-order chi connectivity index (χ1) is 4.16. The van der Waals surface area contributed by atoms with Gasteiger partial charge in [0.15, 0.2) is 0 Å². The summed E-state index contributed by atoms with van der Waals surface area (Å²) < 4.78 is 4.11.